The first-order valence-corrected chi connectivity index (χ1v) is 0.632. The Morgan fingerprint density at radius 1 is 1.80 bits per heavy atom. The van der Waals surface area contributed by atoms with Crippen LogP contribution in [0.25, 0.3) is 0 Å². The van der Waals surface area contributed by atoms with Crippen molar-refractivity contribution in [1.82, 2.24) is 0 Å². The van der Waals surface area contributed by atoms with Gasteiger partial charge in [0.1, 0.15) is 0 Å². The summed E-state index contributed by atoms with van der Waals surface area (Å²) in [6, 6.07) is 0. The average Bonchev–Trinajstić information content (AvgIpc) is 0.811. The summed E-state index contributed by atoms with van der Waals surface area (Å²) in [5, 5.41) is 15.3. The zero-order chi connectivity index (χ0) is 3.58. The summed E-state index contributed by atoms with van der Waals surface area (Å²) < 4.78 is 0. The van der Waals surface area contributed by atoms with Crippen LogP contribution in [0.1, 0.15) is 0 Å². The van der Waals surface area contributed by atoms with E-state index in [1.54, 1.807) is 0 Å². The predicted molar refractivity (Wildman–Crippen MR) is 8.02 cm³/mol. The molecule has 0 unspecified atom stereocenters. The summed E-state index contributed by atoms with van der Waals surface area (Å²) in [5.74, 6) is 0. The Bertz CT molecular complexity index is 29.9. The lowest BCUT2D eigenvalue weighted by Gasteiger charge is -1.74. The predicted octanol–water partition coefficient (Wildman–Crippen LogP) is -4.11. The molecule has 0 aliphatic rings. The fraction of sp³-hybridized carbons (Fsp3) is 0. The molecular formula is CHIO3. The van der Waals surface area contributed by atoms with E-state index in [2.05, 4.69) is 0 Å². The SMILES string of the molecule is O=C([O-])O.[I+]. The lowest BCUT2D eigenvalue weighted by molar-refractivity contribution is -0.275. The third-order valence-electron chi connectivity index (χ3n) is 0. The highest BCUT2D eigenvalue weighted by Gasteiger charge is 1.51. The standard InChI is InChI=1S/CH2O3.I/c2-1(3)4;/h(H2,2,3,4);/q;+1/p-1. The van der Waals surface area contributed by atoms with E-state index in [0.717, 1.165) is 0 Å². The highest BCUT2D eigenvalue weighted by atomic mass is 127. The van der Waals surface area contributed by atoms with E-state index >= 15 is 0 Å². The van der Waals surface area contributed by atoms with Crippen LogP contribution in [0, 0.1) is 0 Å². The van der Waals surface area contributed by atoms with Gasteiger partial charge in [-0.1, -0.05) is 0 Å². The summed E-state index contributed by atoms with van der Waals surface area (Å²) in [6.07, 6.45) is -2.08. The van der Waals surface area contributed by atoms with Crippen molar-refractivity contribution in [3.8, 4) is 0 Å². The van der Waals surface area contributed by atoms with Gasteiger partial charge in [0.2, 0.25) is 6.16 Å². The van der Waals surface area contributed by atoms with Crippen molar-refractivity contribution in [2.75, 3.05) is 0 Å². The van der Waals surface area contributed by atoms with Crippen LogP contribution in [0.4, 0.5) is 4.79 Å². The van der Waals surface area contributed by atoms with Gasteiger partial charge in [-0.05, 0) is 0 Å². The Hall–Kier alpha value is 0. The highest BCUT2D eigenvalue weighted by Crippen LogP contribution is 1.32. The van der Waals surface area contributed by atoms with Crippen molar-refractivity contribution in [1.29, 1.82) is 0 Å². The molecule has 0 bridgehead atoms. The molecule has 0 aliphatic carbocycles. The molecule has 0 saturated heterocycles. The van der Waals surface area contributed by atoms with Crippen molar-refractivity contribution in [2.45, 2.75) is 0 Å². The molecule has 0 spiro atoms. The third kappa shape index (κ3) is 0. The smallest absolute Gasteiger partial charge is 0.565 e. The minimum atomic E-state index is -2.08. The Morgan fingerprint density at radius 2 is 1.80 bits per heavy atom. The molecule has 0 rings (SSSR count). The van der Waals surface area contributed by atoms with E-state index in [1.807, 2.05) is 0 Å². The normalized spacial score (nSPS) is 4.80. The first-order valence-electron chi connectivity index (χ1n) is 0.632. The maximum absolute atomic E-state index is 8.44. The van der Waals surface area contributed by atoms with E-state index in [-0.39, 0.29) is 24.0 Å². The molecule has 4 heteroatoms. The van der Waals surface area contributed by atoms with Gasteiger partial charge in [0.15, 0.2) is 0 Å². The maximum atomic E-state index is 8.44. The second kappa shape index (κ2) is 4.00. The minimum absolute atomic E-state index is 0. The lowest BCUT2D eigenvalue weighted by Crippen LogP contribution is -3.00. The second-order valence-corrected chi connectivity index (χ2v) is 0.266. The third-order valence-corrected chi connectivity index (χ3v) is 0. The van der Waals surface area contributed by atoms with Crippen LogP contribution in [-0.2, 0) is 0 Å². The molecule has 0 aliphatic heterocycles. The van der Waals surface area contributed by atoms with E-state index in [1.165, 1.54) is 0 Å². The molecule has 3 nitrogen and oxygen atoms in total. The molecule has 0 atom stereocenters. The van der Waals surface area contributed by atoms with Gasteiger partial charge in [-0.15, -0.1) is 0 Å². The summed E-state index contributed by atoms with van der Waals surface area (Å²) in [7, 11) is 0. The molecule has 0 heterocycles. The Morgan fingerprint density at radius 3 is 1.80 bits per heavy atom. The largest absolute Gasteiger partial charge is 1.00 e. The van der Waals surface area contributed by atoms with Crippen LogP contribution < -0.4 is 29.1 Å². The molecule has 2 radical (unpaired) electrons. The monoisotopic (exact) mass is 188 g/mol. The summed E-state index contributed by atoms with van der Waals surface area (Å²) >= 11 is 0. The molecule has 0 saturated carbocycles. The fourth-order valence-electron chi connectivity index (χ4n) is 0. The number of hydrogen-bond donors (Lipinski definition) is 1. The summed E-state index contributed by atoms with van der Waals surface area (Å²) in [4.78, 5) is 8.44. The number of halogens is 1. The molecule has 0 aromatic heterocycles. The molecule has 0 aromatic carbocycles. The van der Waals surface area contributed by atoms with Crippen molar-refractivity contribution < 1.29 is 39.0 Å². The van der Waals surface area contributed by atoms with Gasteiger partial charge in [-0.2, -0.15) is 0 Å². The van der Waals surface area contributed by atoms with E-state index in [9.17, 15) is 0 Å². The molecule has 0 aromatic rings. The Kier molecular flexibility index (Phi) is 7.11. The number of rotatable bonds is 0. The topological polar surface area (TPSA) is 60.4 Å². The number of hydrogen-bond acceptors (Lipinski definition) is 2. The highest BCUT2D eigenvalue weighted by molar-refractivity contribution is 5.50. The first kappa shape index (κ1) is 8.89. The van der Waals surface area contributed by atoms with E-state index < -0.39 is 6.16 Å². The van der Waals surface area contributed by atoms with Gasteiger partial charge in [0.05, 0.1) is 0 Å². The van der Waals surface area contributed by atoms with Crippen molar-refractivity contribution in [3.63, 3.8) is 0 Å². The molecular weight excluding hydrogens is 187 g/mol. The van der Waals surface area contributed by atoms with Crippen LogP contribution in [0.5, 0.6) is 0 Å². The van der Waals surface area contributed by atoms with Crippen LogP contribution in [-0.4, -0.2) is 11.3 Å². The number of carboxylic acid groups (broad SMARTS) is 2. The van der Waals surface area contributed by atoms with Gasteiger partial charge in [-0.3, -0.25) is 0 Å². The van der Waals surface area contributed by atoms with Gasteiger partial charge >= 0.3 is 24.0 Å². The second-order valence-electron chi connectivity index (χ2n) is 0.266. The van der Waals surface area contributed by atoms with Gasteiger partial charge in [0.25, 0.3) is 0 Å². The molecule has 5 heavy (non-hydrogen) atoms. The zero-order valence-corrected chi connectivity index (χ0v) is 4.30. The fourth-order valence-corrected chi connectivity index (χ4v) is 0. The van der Waals surface area contributed by atoms with Crippen molar-refractivity contribution in [2.24, 2.45) is 0 Å². The molecule has 30 valence electrons. The Balaban J connectivity index is 0. The average molecular weight is 188 g/mol. The van der Waals surface area contributed by atoms with E-state index in [4.69, 9.17) is 15.0 Å². The van der Waals surface area contributed by atoms with Crippen molar-refractivity contribution in [3.05, 3.63) is 0 Å². The summed E-state index contributed by atoms with van der Waals surface area (Å²) in [5.41, 5.74) is 0. The van der Waals surface area contributed by atoms with E-state index in [0.29, 0.717) is 0 Å². The van der Waals surface area contributed by atoms with Crippen molar-refractivity contribution >= 4 is 6.16 Å². The van der Waals surface area contributed by atoms with Gasteiger partial charge in [0, 0.05) is 0 Å². The maximum Gasteiger partial charge on any atom is 1.00 e. The minimum Gasteiger partial charge on any atom is -0.565 e. The molecule has 1 N–H and O–H groups in total. The van der Waals surface area contributed by atoms with Crippen LogP contribution in [0.2, 0.25) is 0 Å². The van der Waals surface area contributed by atoms with Gasteiger partial charge in [-0.25, -0.2) is 0 Å². The summed E-state index contributed by atoms with van der Waals surface area (Å²) in [6.45, 7) is 0. The Labute approximate surface area is 45.6 Å². The molecule has 0 amide bonds. The lowest BCUT2D eigenvalue weighted by atomic mass is 11.5. The quantitative estimate of drug-likeness (QED) is 0.393. The number of carbonyl (C=O) groups is 1. The van der Waals surface area contributed by atoms with Crippen LogP contribution in [0.3, 0.4) is 0 Å². The molecule has 0 fully saturated rings. The van der Waals surface area contributed by atoms with Crippen LogP contribution >= 0.6 is 0 Å². The van der Waals surface area contributed by atoms with Crippen LogP contribution in [0.15, 0.2) is 0 Å². The first-order chi connectivity index (χ1) is 1.73. The van der Waals surface area contributed by atoms with Gasteiger partial charge < -0.3 is 15.0 Å². The zero-order valence-electron chi connectivity index (χ0n) is 2.14.